The Bertz CT molecular complexity index is 325. The van der Waals surface area contributed by atoms with Gasteiger partial charge in [0.05, 0.1) is 5.92 Å². The second-order valence-electron chi connectivity index (χ2n) is 3.40. The first-order chi connectivity index (χ1) is 6.83. The third-order valence-corrected chi connectivity index (χ3v) is 2.53. The molecule has 74 valence electrons. The molecule has 1 saturated heterocycles. The van der Waals surface area contributed by atoms with E-state index in [0.29, 0.717) is 6.54 Å². The number of rotatable bonds is 2. The Hall–Kier alpha value is -1.42. The lowest BCUT2D eigenvalue weighted by Crippen LogP contribution is -2.30. The van der Waals surface area contributed by atoms with Crippen LogP contribution >= 0.6 is 0 Å². The van der Waals surface area contributed by atoms with Crippen molar-refractivity contribution in [3.63, 3.8) is 0 Å². The standard InChI is InChI=1S/C10H13N3O/c11-7-8-4-6-13(10(8)14)9-3-1-2-5-12-9/h1-3,5,8H,4,6-7,11H2. The molecule has 1 aliphatic heterocycles. The third-order valence-electron chi connectivity index (χ3n) is 2.53. The van der Waals surface area contributed by atoms with Crippen molar-refractivity contribution in [3.05, 3.63) is 24.4 Å². The largest absolute Gasteiger partial charge is 0.330 e. The minimum absolute atomic E-state index is 0.0167. The molecule has 2 heterocycles. The van der Waals surface area contributed by atoms with Crippen molar-refractivity contribution in [3.8, 4) is 0 Å². The summed E-state index contributed by atoms with van der Waals surface area (Å²) in [5.41, 5.74) is 5.50. The Morgan fingerprint density at radius 3 is 3.00 bits per heavy atom. The lowest BCUT2D eigenvalue weighted by Gasteiger charge is -2.14. The summed E-state index contributed by atoms with van der Waals surface area (Å²) in [6.07, 6.45) is 2.53. The second-order valence-corrected chi connectivity index (χ2v) is 3.40. The summed E-state index contributed by atoms with van der Waals surface area (Å²) < 4.78 is 0. The minimum atomic E-state index is -0.0167. The topological polar surface area (TPSA) is 59.2 Å². The highest BCUT2D eigenvalue weighted by Crippen LogP contribution is 2.22. The lowest BCUT2D eigenvalue weighted by atomic mass is 10.1. The van der Waals surface area contributed by atoms with Crippen LogP contribution in [-0.4, -0.2) is 24.0 Å². The molecule has 0 aromatic carbocycles. The van der Waals surface area contributed by atoms with Gasteiger partial charge in [-0.3, -0.25) is 9.69 Å². The Morgan fingerprint density at radius 1 is 1.57 bits per heavy atom. The monoisotopic (exact) mass is 191 g/mol. The highest BCUT2D eigenvalue weighted by molar-refractivity contribution is 5.96. The Kier molecular flexibility index (Phi) is 2.45. The van der Waals surface area contributed by atoms with Crippen LogP contribution in [0, 0.1) is 5.92 Å². The molecule has 1 fully saturated rings. The molecule has 4 nitrogen and oxygen atoms in total. The summed E-state index contributed by atoms with van der Waals surface area (Å²) in [6, 6.07) is 5.56. The van der Waals surface area contributed by atoms with Crippen molar-refractivity contribution in [1.82, 2.24) is 4.98 Å². The van der Waals surface area contributed by atoms with Crippen LogP contribution in [0.25, 0.3) is 0 Å². The van der Waals surface area contributed by atoms with E-state index in [0.717, 1.165) is 18.8 Å². The maximum Gasteiger partial charge on any atom is 0.232 e. The number of carbonyl (C=O) groups is 1. The number of anilines is 1. The first-order valence-corrected chi connectivity index (χ1v) is 4.75. The molecule has 0 spiro atoms. The van der Waals surface area contributed by atoms with Crippen LogP contribution in [0.15, 0.2) is 24.4 Å². The van der Waals surface area contributed by atoms with E-state index in [9.17, 15) is 4.79 Å². The van der Waals surface area contributed by atoms with Gasteiger partial charge in [0.15, 0.2) is 0 Å². The summed E-state index contributed by atoms with van der Waals surface area (Å²) in [6.45, 7) is 1.17. The van der Waals surface area contributed by atoms with Crippen molar-refractivity contribution < 1.29 is 4.79 Å². The number of pyridine rings is 1. The van der Waals surface area contributed by atoms with Crippen LogP contribution in [0.2, 0.25) is 0 Å². The average Bonchev–Trinajstić information content (AvgIpc) is 2.61. The third kappa shape index (κ3) is 1.48. The Balaban J connectivity index is 2.18. The molecule has 0 bridgehead atoms. The zero-order valence-electron chi connectivity index (χ0n) is 7.89. The molecule has 1 atom stereocenters. The van der Waals surface area contributed by atoms with Crippen LogP contribution in [0.3, 0.4) is 0 Å². The Morgan fingerprint density at radius 2 is 2.43 bits per heavy atom. The van der Waals surface area contributed by atoms with E-state index in [4.69, 9.17) is 5.73 Å². The van der Waals surface area contributed by atoms with Gasteiger partial charge in [0, 0.05) is 19.3 Å². The maximum atomic E-state index is 11.7. The van der Waals surface area contributed by atoms with Crippen LogP contribution < -0.4 is 10.6 Å². The molecule has 2 N–H and O–H groups in total. The molecule has 0 saturated carbocycles. The van der Waals surface area contributed by atoms with Crippen LogP contribution in [-0.2, 0) is 4.79 Å². The van der Waals surface area contributed by atoms with E-state index >= 15 is 0 Å². The van der Waals surface area contributed by atoms with E-state index in [1.54, 1.807) is 11.1 Å². The van der Waals surface area contributed by atoms with E-state index < -0.39 is 0 Å². The molecular weight excluding hydrogens is 178 g/mol. The highest BCUT2D eigenvalue weighted by atomic mass is 16.2. The first-order valence-electron chi connectivity index (χ1n) is 4.75. The molecular formula is C10H13N3O. The van der Waals surface area contributed by atoms with Crippen LogP contribution in [0.5, 0.6) is 0 Å². The highest BCUT2D eigenvalue weighted by Gasteiger charge is 2.31. The fraction of sp³-hybridized carbons (Fsp3) is 0.400. The number of amides is 1. The van der Waals surface area contributed by atoms with Gasteiger partial charge in [-0.2, -0.15) is 0 Å². The fourth-order valence-corrected chi connectivity index (χ4v) is 1.70. The van der Waals surface area contributed by atoms with Crippen LogP contribution in [0.4, 0.5) is 5.82 Å². The predicted molar refractivity (Wildman–Crippen MR) is 53.8 cm³/mol. The summed E-state index contributed by atoms with van der Waals surface area (Å²) in [5.74, 6) is 0.816. The molecule has 1 unspecified atom stereocenters. The zero-order chi connectivity index (χ0) is 9.97. The number of carbonyl (C=O) groups excluding carboxylic acids is 1. The smallest absolute Gasteiger partial charge is 0.232 e. The lowest BCUT2D eigenvalue weighted by molar-refractivity contribution is -0.120. The van der Waals surface area contributed by atoms with Gasteiger partial charge in [0.25, 0.3) is 0 Å². The number of nitrogens with zero attached hydrogens (tertiary/aromatic N) is 2. The van der Waals surface area contributed by atoms with E-state index in [2.05, 4.69) is 4.98 Å². The summed E-state index contributed by atoms with van der Waals surface area (Å²) in [5, 5.41) is 0. The zero-order valence-corrected chi connectivity index (χ0v) is 7.89. The number of aromatic nitrogens is 1. The predicted octanol–water partition coefficient (Wildman–Crippen LogP) is 0.393. The van der Waals surface area contributed by atoms with Crippen LogP contribution in [0.1, 0.15) is 6.42 Å². The van der Waals surface area contributed by atoms with E-state index in [1.165, 1.54) is 0 Å². The van der Waals surface area contributed by atoms with Gasteiger partial charge < -0.3 is 5.73 Å². The average molecular weight is 191 g/mol. The van der Waals surface area contributed by atoms with Crippen molar-refractivity contribution in [2.24, 2.45) is 11.7 Å². The van der Waals surface area contributed by atoms with Gasteiger partial charge in [-0.05, 0) is 18.6 Å². The van der Waals surface area contributed by atoms with Gasteiger partial charge in [0.2, 0.25) is 5.91 Å². The molecule has 2 rings (SSSR count). The molecule has 1 aromatic rings. The molecule has 1 aliphatic rings. The van der Waals surface area contributed by atoms with Gasteiger partial charge in [-0.25, -0.2) is 4.98 Å². The van der Waals surface area contributed by atoms with Gasteiger partial charge in [-0.15, -0.1) is 0 Å². The molecule has 4 heteroatoms. The second kappa shape index (κ2) is 3.75. The van der Waals surface area contributed by atoms with E-state index in [-0.39, 0.29) is 11.8 Å². The van der Waals surface area contributed by atoms with Gasteiger partial charge >= 0.3 is 0 Å². The van der Waals surface area contributed by atoms with E-state index in [1.807, 2.05) is 18.2 Å². The van der Waals surface area contributed by atoms with Gasteiger partial charge in [-0.1, -0.05) is 6.07 Å². The number of hydrogen-bond donors (Lipinski definition) is 1. The molecule has 0 radical (unpaired) electrons. The summed E-state index contributed by atoms with van der Waals surface area (Å²) >= 11 is 0. The molecule has 0 aliphatic carbocycles. The first kappa shape index (κ1) is 9.15. The molecule has 1 aromatic heterocycles. The summed E-state index contributed by atoms with van der Waals surface area (Å²) in [4.78, 5) is 17.6. The van der Waals surface area contributed by atoms with Crippen molar-refractivity contribution in [2.45, 2.75) is 6.42 Å². The maximum absolute atomic E-state index is 11.7. The van der Waals surface area contributed by atoms with Crippen molar-refractivity contribution in [1.29, 1.82) is 0 Å². The fourth-order valence-electron chi connectivity index (χ4n) is 1.70. The number of nitrogens with two attached hydrogens (primary N) is 1. The van der Waals surface area contributed by atoms with Gasteiger partial charge in [0.1, 0.15) is 5.82 Å². The Labute approximate surface area is 82.7 Å². The SMILES string of the molecule is NCC1CCN(c2ccccn2)C1=O. The quantitative estimate of drug-likeness (QED) is 0.735. The number of hydrogen-bond acceptors (Lipinski definition) is 3. The van der Waals surface area contributed by atoms with Crippen molar-refractivity contribution >= 4 is 11.7 Å². The minimum Gasteiger partial charge on any atom is -0.330 e. The summed E-state index contributed by atoms with van der Waals surface area (Å²) in [7, 11) is 0. The normalized spacial score (nSPS) is 21.6. The molecule has 14 heavy (non-hydrogen) atoms. The molecule has 1 amide bonds. The van der Waals surface area contributed by atoms with Crippen molar-refractivity contribution in [2.75, 3.05) is 18.0 Å².